The van der Waals surface area contributed by atoms with Crippen LogP contribution >= 0.6 is 23.2 Å². The van der Waals surface area contributed by atoms with Crippen LogP contribution in [0.2, 0.25) is 10.0 Å². The Labute approximate surface area is 156 Å². The molecule has 0 aliphatic carbocycles. The molecule has 0 bridgehead atoms. The summed E-state index contributed by atoms with van der Waals surface area (Å²) >= 11 is 12.3. The van der Waals surface area contributed by atoms with Crippen molar-refractivity contribution in [1.82, 2.24) is 4.90 Å². The third-order valence-electron chi connectivity index (χ3n) is 4.18. The first-order valence-electron chi connectivity index (χ1n) is 7.70. The summed E-state index contributed by atoms with van der Waals surface area (Å²) in [6.07, 6.45) is 3.83. The molecule has 3 rings (SSSR count). The number of fused-ring (bicyclic) bond motifs is 1. The number of amides is 1. The van der Waals surface area contributed by atoms with Crippen molar-refractivity contribution in [1.29, 1.82) is 0 Å². The van der Waals surface area contributed by atoms with Gasteiger partial charge < -0.3 is 10.6 Å². The summed E-state index contributed by atoms with van der Waals surface area (Å²) in [6.45, 7) is 7.83. The molecule has 1 heterocycles. The lowest BCUT2D eigenvalue weighted by atomic mass is 9.97. The predicted molar refractivity (Wildman–Crippen MR) is 101 cm³/mol. The predicted octanol–water partition coefficient (Wildman–Crippen LogP) is 5.02. The minimum Gasteiger partial charge on any atom is -0.396 e. The third-order valence-corrected chi connectivity index (χ3v) is 4.80. The van der Waals surface area contributed by atoms with Gasteiger partial charge in [0, 0.05) is 18.7 Å². The van der Waals surface area contributed by atoms with Gasteiger partial charge in [-0.05, 0) is 41.3 Å². The molecular formula is C19H15Cl2N3O. The van der Waals surface area contributed by atoms with E-state index < -0.39 is 0 Å². The van der Waals surface area contributed by atoms with E-state index in [1.807, 2.05) is 18.2 Å². The monoisotopic (exact) mass is 371 g/mol. The Morgan fingerprint density at radius 3 is 2.60 bits per heavy atom. The van der Waals surface area contributed by atoms with Gasteiger partial charge >= 0.3 is 0 Å². The topological polar surface area (TPSA) is 50.7 Å². The lowest BCUT2D eigenvalue weighted by Gasteiger charge is -2.14. The fourth-order valence-electron chi connectivity index (χ4n) is 2.94. The van der Waals surface area contributed by atoms with Gasteiger partial charge in [0.05, 0.1) is 22.3 Å². The summed E-state index contributed by atoms with van der Waals surface area (Å²) in [6, 6.07) is 9.17. The molecule has 2 aromatic carbocycles. The number of hydrogen-bond donors (Lipinski definition) is 1. The van der Waals surface area contributed by atoms with Crippen LogP contribution < -0.4 is 5.73 Å². The number of halogens is 2. The van der Waals surface area contributed by atoms with Crippen LogP contribution in [0.1, 0.15) is 22.3 Å². The van der Waals surface area contributed by atoms with Gasteiger partial charge in [0.1, 0.15) is 6.20 Å². The molecule has 1 aliphatic rings. The quantitative estimate of drug-likeness (QED) is 0.605. The molecule has 2 aromatic rings. The molecule has 2 N–H and O–H groups in total. The average molecular weight is 372 g/mol. The number of benzene rings is 2. The number of nitrogens with two attached hydrogens (primary N) is 1. The molecule has 0 atom stereocenters. The van der Waals surface area contributed by atoms with Crippen LogP contribution in [0.15, 0.2) is 42.6 Å². The number of anilines is 1. The second kappa shape index (κ2) is 7.18. The molecule has 126 valence electrons. The first-order valence-corrected chi connectivity index (χ1v) is 8.46. The van der Waals surface area contributed by atoms with Crippen molar-refractivity contribution in [3.63, 3.8) is 0 Å². The van der Waals surface area contributed by atoms with Gasteiger partial charge in [-0.15, -0.1) is 0 Å². The molecule has 4 nitrogen and oxygen atoms in total. The first kappa shape index (κ1) is 17.3. The standard InChI is InChI=1S/C19H15Cl2N3O/c1-23-7-2-3-8-24-11-15-13(5-4-6-14(15)19(24)25)12-9-16(20)18(22)17(21)10-12/h2,4-7,9-10H,3,8,11,22H2/b7-2-. The summed E-state index contributed by atoms with van der Waals surface area (Å²) in [5.41, 5.74) is 9.57. The number of carbonyl (C=O) groups is 1. The van der Waals surface area contributed by atoms with Gasteiger partial charge in [-0.3, -0.25) is 4.79 Å². The molecule has 25 heavy (non-hydrogen) atoms. The SMILES string of the molecule is [C-]#[N+]/C=C\CCN1Cc2c(cccc2-c2cc(Cl)c(N)c(Cl)c2)C1=O. The number of carbonyl (C=O) groups excluding carboxylic acids is 1. The maximum absolute atomic E-state index is 12.6. The molecule has 1 amide bonds. The van der Waals surface area contributed by atoms with Crippen LogP contribution in [-0.2, 0) is 6.54 Å². The summed E-state index contributed by atoms with van der Waals surface area (Å²) in [7, 11) is 0. The van der Waals surface area contributed by atoms with Crippen LogP contribution in [0.4, 0.5) is 5.69 Å². The highest BCUT2D eigenvalue weighted by molar-refractivity contribution is 6.39. The molecule has 0 spiro atoms. The number of nitrogen functional groups attached to an aromatic ring is 1. The van der Waals surface area contributed by atoms with E-state index in [0.717, 1.165) is 16.7 Å². The summed E-state index contributed by atoms with van der Waals surface area (Å²) in [4.78, 5) is 17.5. The Kier molecular flexibility index (Phi) is 4.98. The van der Waals surface area contributed by atoms with Crippen molar-refractivity contribution in [2.45, 2.75) is 13.0 Å². The van der Waals surface area contributed by atoms with Crippen molar-refractivity contribution in [2.24, 2.45) is 0 Å². The zero-order chi connectivity index (χ0) is 18.0. The normalized spacial score (nSPS) is 13.3. The van der Waals surface area contributed by atoms with Gasteiger partial charge in [-0.1, -0.05) is 41.4 Å². The number of hydrogen-bond acceptors (Lipinski definition) is 2. The first-order chi connectivity index (χ1) is 12.0. The van der Waals surface area contributed by atoms with Crippen molar-refractivity contribution < 1.29 is 4.79 Å². The fourth-order valence-corrected chi connectivity index (χ4v) is 3.43. The summed E-state index contributed by atoms with van der Waals surface area (Å²) in [5, 5.41) is 0.788. The second-order valence-corrected chi connectivity index (χ2v) is 6.53. The number of rotatable bonds is 4. The third kappa shape index (κ3) is 3.34. The van der Waals surface area contributed by atoms with Crippen LogP contribution in [0, 0.1) is 6.57 Å². The van der Waals surface area contributed by atoms with Crippen LogP contribution in [0.25, 0.3) is 16.0 Å². The summed E-state index contributed by atoms with van der Waals surface area (Å²) in [5.74, 6) is 0.000649. The maximum Gasteiger partial charge on any atom is 0.254 e. The van der Waals surface area contributed by atoms with E-state index in [1.54, 1.807) is 23.1 Å². The van der Waals surface area contributed by atoms with E-state index in [1.165, 1.54) is 6.20 Å². The minimum absolute atomic E-state index is 0.000649. The Morgan fingerprint density at radius 1 is 1.24 bits per heavy atom. The highest BCUT2D eigenvalue weighted by Gasteiger charge is 2.29. The van der Waals surface area contributed by atoms with E-state index in [0.29, 0.717) is 40.8 Å². The molecule has 0 saturated heterocycles. The minimum atomic E-state index is 0.000649. The van der Waals surface area contributed by atoms with Crippen molar-refractivity contribution in [3.05, 3.63) is 75.2 Å². The lowest BCUT2D eigenvalue weighted by Crippen LogP contribution is -2.24. The van der Waals surface area contributed by atoms with Gasteiger partial charge in [0.2, 0.25) is 0 Å². The molecule has 0 fully saturated rings. The Morgan fingerprint density at radius 2 is 1.92 bits per heavy atom. The highest BCUT2D eigenvalue weighted by Crippen LogP contribution is 2.37. The Hall–Kier alpha value is -2.48. The van der Waals surface area contributed by atoms with E-state index in [-0.39, 0.29) is 5.91 Å². The van der Waals surface area contributed by atoms with Gasteiger partial charge in [-0.2, -0.15) is 0 Å². The smallest absolute Gasteiger partial charge is 0.254 e. The molecule has 1 aliphatic heterocycles. The highest BCUT2D eigenvalue weighted by atomic mass is 35.5. The largest absolute Gasteiger partial charge is 0.396 e. The second-order valence-electron chi connectivity index (χ2n) is 5.71. The molecule has 0 saturated carbocycles. The van der Waals surface area contributed by atoms with Crippen LogP contribution in [0.3, 0.4) is 0 Å². The molecule has 6 heteroatoms. The molecular weight excluding hydrogens is 357 g/mol. The zero-order valence-electron chi connectivity index (χ0n) is 13.3. The zero-order valence-corrected chi connectivity index (χ0v) is 14.8. The molecule has 0 aromatic heterocycles. The Bertz CT molecular complexity index is 892. The molecule has 0 unspecified atom stereocenters. The van der Waals surface area contributed by atoms with E-state index >= 15 is 0 Å². The number of nitrogens with zero attached hydrogens (tertiary/aromatic N) is 2. The molecule has 0 radical (unpaired) electrons. The van der Waals surface area contributed by atoms with Crippen molar-refractivity contribution >= 4 is 34.8 Å². The average Bonchev–Trinajstić information content (AvgIpc) is 2.92. The Balaban J connectivity index is 1.94. The fraction of sp³-hybridized carbons (Fsp3) is 0.158. The summed E-state index contributed by atoms with van der Waals surface area (Å²) < 4.78 is 0. The van der Waals surface area contributed by atoms with Gasteiger partial charge in [0.15, 0.2) is 0 Å². The van der Waals surface area contributed by atoms with Crippen LogP contribution in [-0.4, -0.2) is 17.4 Å². The maximum atomic E-state index is 12.6. The van der Waals surface area contributed by atoms with Crippen LogP contribution in [0.5, 0.6) is 0 Å². The lowest BCUT2D eigenvalue weighted by molar-refractivity contribution is 0.0781. The van der Waals surface area contributed by atoms with E-state index in [9.17, 15) is 4.79 Å². The van der Waals surface area contributed by atoms with Gasteiger partial charge in [-0.25, -0.2) is 4.85 Å². The van der Waals surface area contributed by atoms with E-state index in [4.69, 9.17) is 35.5 Å². The van der Waals surface area contributed by atoms with Crippen molar-refractivity contribution in [2.75, 3.05) is 12.3 Å². The van der Waals surface area contributed by atoms with Crippen molar-refractivity contribution in [3.8, 4) is 11.1 Å². The van der Waals surface area contributed by atoms with Gasteiger partial charge in [0.25, 0.3) is 5.91 Å². The van der Waals surface area contributed by atoms with E-state index in [2.05, 4.69) is 4.85 Å².